The quantitative estimate of drug-likeness (QED) is 0.668. The third-order valence-electron chi connectivity index (χ3n) is 3.78. The van der Waals surface area contributed by atoms with E-state index < -0.39 is 0 Å². The van der Waals surface area contributed by atoms with Crippen molar-refractivity contribution in [2.24, 2.45) is 0 Å². The number of carbonyl (C=O) groups is 1. The number of aromatic amines is 1. The summed E-state index contributed by atoms with van der Waals surface area (Å²) in [6, 6.07) is 7.42. The molecule has 3 aromatic rings. The average molecular weight is 340 g/mol. The van der Waals surface area contributed by atoms with Crippen molar-refractivity contribution in [3.05, 3.63) is 40.3 Å². The molecule has 2 aromatic heterocycles. The van der Waals surface area contributed by atoms with Crippen LogP contribution in [0.5, 0.6) is 5.75 Å². The second kappa shape index (κ2) is 7.29. The van der Waals surface area contributed by atoms with Crippen LogP contribution in [0.3, 0.4) is 0 Å². The van der Waals surface area contributed by atoms with Crippen molar-refractivity contribution in [2.45, 2.75) is 33.2 Å². The van der Waals surface area contributed by atoms with Crippen molar-refractivity contribution in [2.75, 3.05) is 6.61 Å². The van der Waals surface area contributed by atoms with Gasteiger partial charge < -0.3 is 9.72 Å². The van der Waals surface area contributed by atoms with Gasteiger partial charge in [0.2, 0.25) is 0 Å². The number of rotatable bonds is 7. The zero-order valence-corrected chi connectivity index (χ0v) is 14.3. The molecule has 0 amide bonds. The van der Waals surface area contributed by atoms with E-state index in [-0.39, 0.29) is 16.6 Å². The van der Waals surface area contributed by atoms with Gasteiger partial charge in [-0.05, 0) is 25.0 Å². The summed E-state index contributed by atoms with van der Waals surface area (Å²) in [7, 11) is 0. The predicted octanol–water partition coefficient (Wildman–Crippen LogP) is 2.80. The first-order chi connectivity index (χ1) is 12.2. The molecular weight excluding hydrogens is 320 g/mol. The third kappa shape index (κ3) is 3.17. The van der Waals surface area contributed by atoms with E-state index in [1.54, 1.807) is 4.68 Å². The molecule has 2 heterocycles. The first-order valence-electron chi connectivity index (χ1n) is 8.37. The van der Waals surface area contributed by atoms with Gasteiger partial charge in [0.25, 0.3) is 5.56 Å². The summed E-state index contributed by atoms with van der Waals surface area (Å²) in [5.41, 5.74) is 0.842. The van der Waals surface area contributed by atoms with E-state index in [9.17, 15) is 9.59 Å². The number of ether oxygens (including phenoxy) is 1. The van der Waals surface area contributed by atoms with Gasteiger partial charge in [-0.15, -0.1) is 0 Å². The van der Waals surface area contributed by atoms with Gasteiger partial charge in [-0.25, -0.2) is 9.67 Å². The van der Waals surface area contributed by atoms with Crippen molar-refractivity contribution in [3.8, 4) is 17.1 Å². The number of para-hydroxylation sites is 1. The zero-order valence-electron chi connectivity index (χ0n) is 14.3. The van der Waals surface area contributed by atoms with Crippen molar-refractivity contribution < 1.29 is 9.53 Å². The van der Waals surface area contributed by atoms with Crippen LogP contribution in [0.15, 0.2) is 29.1 Å². The Morgan fingerprint density at radius 3 is 2.76 bits per heavy atom. The molecule has 25 heavy (non-hydrogen) atoms. The first kappa shape index (κ1) is 16.9. The molecule has 0 fully saturated rings. The Balaban J connectivity index is 2.20. The highest BCUT2D eigenvalue weighted by Crippen LogP contribution is 2.27. The van der Waals surface area contributed by atoms with E-state index in [0.29, 0.717) is 42.2 Å². The van der Waals surface area contributed by atoms with Crippen molar-refractivity contribution in [1.29, 1.82) is 0 Å². The second-order valence-corrected chi connectivity index (χ2v) is 5.68. The van der Waals surface area contributed by atoms with Gasteiger partial charge in [0, 0.05) is 6.54 Å². The topological polar surface area (TPSA) is 89.9 Å². The van der Waals surface area contributed by atoms with Gasteiger partial charge in [-0.3, -0.25) is 9.59 Å². The van der Waals surface area contributed by atoms with E-state index in [1.807, 2.05) is 38.1 Å². The predicted molar refractivity (Wildman–Crippen MR) is 95.0 cm³/mol. The van der Waals surface area contributed by atoms with Crippen LogP contribution >= 0.6 is 0 Å². The number of fused-ring (bicyclic) bond motifs is 1. The molecule has 0 atom stereocenters. The molecule has 0 bridgehead atoms. The monoisotopic (exact) mass is 340 g/mol. The van der Waals surface area contributed by atoms with Gasteiger partial charge in [0.15, 0.2) is 11.9 Å². The smallest absolute Gasteiger partial charge is 0.263 e. The molecule has 130 valence electrons. The van der Waals surface area contributed by atoms with Crippen LogP contribution in [0, 0.1) is 0 Å². The van der Waals surface area contributed by atoms with Gasteiger partial charge in [-0.2, -0.15) is 5.10 Å². The highest BCUT2D eigenvalue weighted by atomic mass is 16.5. The van der Waals surface area contributed by atoms with Crippen LogP contribution < -0.4 is 10.3 Å². The first-order valence-corrected chi connectivity index (χ1v) is 8.37. The third-order valence-corrected chi connectivity index (χ3v) is 3.78. The number of aromatic nitrogens is 4. The minimum absolute atomic E-state index is 0.110. The minimum atomic E-state index is -0.380. The van der Waals surface area contributed by atoms with Gasteiger partial charge >= 0.3 is 0 Å². The number of aryl methyl sites for hydroxylation is 1. The number of H-pyrrole nitrogens is 1. The summed E-state index contributed by atoms with van der Waals surface area (Å²) >= 11 is 0. The summed E-state index contributed by atoms with van der Waals surface area (Å²) in [6.45, 7) is 5.18. The maximum Gasteiger partial charge on any atom is 0.263 e. The standard InChI is InChI=1S/C18H20N4O3/c1-3-9-22-17-15(13(11-23)21-22)18(24)20-16(19-17)12-7-5-6-8-14(12)25-10-4-2/h5-8,11H,3-4,9-10H2,1-2H3,(H,19,20,24). The number of aldehydes is 1. The number of hydrogen-bond acceptors (Lipinski definition) is 5. The summed E-state index contributed by atoms with van der Waals surface area (Å²) in [4.78, 5) is 31.1. The maximum atomic E-state index is 12.5. The van der Waals surface area contributed by atoms with Crippen LogP contribution in [-0.2, 0) is 6.54 Å². The largest absolute Gasteiger partial charge is 0.493 e. The van der Waals surface area contributed by atoms with Crippen LogP contribution in [0.1, 0.15) is 37.2 Å². The van der Waals surface area contributed by atoms with E-state index in [0.717, 1.165) is 12.8 Å². The Bertz CT molecular complexity index is 959. The summed E-state index contributed by atoms with van der Waals surface area (Å²) in [6.07, 6.45) is 2.28. The summed E-state index contributed by atoms with van der Waals surface area (Å²) in [5, 5.41) is 4.42. The molecule has 0 radical (unpaired) electrons. The molecule has 7 heteroatoms. The Hall–Kier alpha value is -2.96. The fraction of sp³-hybridized carbons (Fsp3) is 0.333. The van der Waals surface area contributed by atoms with Crippen molar-refractivity contribution >= 4 is 17.3 Å². The van der Waals surface area contributed by atoms with E-state index in [1.165, 1.54) is 0 Å². The fourth-order valence-electron chi connectivity index (χ4n) is 2.68. The Kier molecular flexibility index (Phi) is 4.92. The average Bonchev–Trinajstić information content (AvgIpc) is 2.99. The van der Waals surface area contributed by atoms with Gasteiger partial charge in [0.1, 0.15) is 22.7 Å². The fourth-order valence-corrected chi connectivity index (χ4v) is 2.68. The van der Waals surface area contributed by atoms with Gasteiger partial charge in [-0.1, -0.05) is 26.0 Å². The summed E-state index contributed by atoms with van der Waals surface area (Å²) in [5.74, 6) is 1.06. The summed E-state index contributed by atoms with van der Waals surface area (Å²) < 4.78 is 7.36. The van der Waals surface area contributed by atoms with E-state index >= 15 is 0 Å². The zero-order chi connectivity index (χ0) is 17.8. The molecule has 0 aliphatic heterocycles. The lowest BCUT2D eigenvalue weighted by Gasteiger charge is -2.10. The Morgan fingerprint density at radius 1 is 1.24 bits per heavy atom. The number of hydrogen-bond donors (Lipinski definition) is 1. The lowest BCUT2D eigenvalue weighted by Crippen LogP contribution is -2.12. The van der Waals surface area contributed by atoms with Crippen LogP contribution in [0.2, 0.25) is 0 Å². The normalized spacial score (nSPS) is 11.0. The number of nitrogens with one attached hydrogen (secondary N) is 1. The molecule has 0 unspecified atom stereocenters. The molecule has 0 saturated heterocycles. The molecule has 0 saturated carbocycles. The lowest BCUT2D eigenvalue weighted by molar-refractivity contribution is 0.111. The van der Waals surface area contributed by atoms with E-state index in [4.69, 9.17) is 4.74 Å². The van der Waals surface area contributed by atoms with Crippen LogP contribution in [-0.4, -0.2) is 32.6 Å². The molecule has 0 spiro atoms. The SMILES string of the molecule is CCCOc1ccccc1-c1nc2c(c(C=O)nn2CCC)c(=O)[nH]1. The lowest BCUT2D eigenvalue weighted by atomic mass is 10.2. The molecule has 0 aliphatic carbocycles. The highest BCUT2D eigenvalue weighted by molar-refractivity contribution is 5.93. The molecule has 3 rings (SSSR count). The molecule has 7 nitrogen and oxygen atoms in total. The number of nitrogens with zero attached hydrogens (tertiary/aromatic N) is 3. The Morgan fingerprint density at radius 2 is 2.04 bits per heavy atom. The molecule has 1 N–H and O–H groups in total. The molecule has 1 aromatic carbocycles. The van der Waals surface area contributed by atoms with Crippen molar-refractivity contribution in [3.63, 3.8) is 0 Å². The number of benzene rings is 1. The molecular formula is C18H20N4O3. The second-order valence-electron chi connectivity index (χ2n) is 5.68. The molecule has 0 aliphatic rings. The minimum Gasteiger partial charge on any atom is -0.493 e. The van der Waals surface area contributed by atoms with Crippen molar-refractivity contribution in [1.82, 2.24) is 19.7 Å². The number of carbonyl (C=O) groups excluding carboxylic acids is 1. The highest BCUT2D eigenvalue weighted by Gasteiger charge is 2.18. The van der Waals surface area contributed by atoms with Gasteiger partial charge in [0.05, 0.1) is 12.2 Å². The van der Waals surface area contributed by atoms with Crippen LogP contribution in [0.25, 0.3) is 22.4 Å². The Labute approximate surface area is 144 Å². The van der Waals surface area contributed by atoms with E-state index in [2.05, 4.69) is 15.1 Å². The van der Waals surface area contributed by atoms with Crippen LogP contribution in [0.4, 0.5) is 0 Å². The maximum absolute atomic E-state index is 12.5.